The zero-order chi connectivity index (χ0) is 22.5. The van der Waals surface area contributed by atoms with E-state index in [4.69, 9.17) is 16.3 Å². The number of carbonyl (C=O) groups excluding carboxylic acids is 1. The quantitative estimate of drug-likeness (QED) is 0.571. The summed E-state index contributed by atoms with van der Waals surface area (Å²) in [5.74, 6) is 0.0176. The number of pyridine rings is 1. The van der Waals surface area contributed by atoms with Crippen molar-refractivity contribution in [2.75, 3.05) is 24.7 Å². The highest BCUT2D eigenvalue weighted by Crippen LogP contribution is 2.32. The van der Waals surface area contributed by atoms with Crippen LogP contribution < -0.4 is 10.5 Å². The number of rotatable bonds is 8. The first kappa shape index (κ1) is 23.6. The third-order valence-corrected chi connectivity index (χ3v) is 6.37. The highest BCUT2D eigenvalue weighted by molar-refractivity contribution is 6.31. The number of hydrogen-bond acceptors (Lipinski definition) is 4. The molecule has 1 aliphatic heterocycles. The predicted octanol–water partition coefficient (Wildman–Crippen LogP) is 5.16. The van der Waals surface area contributed by atoms with Crippen LogP contribution in [0.5, 0.6) is 0 Å². The molecule has 0 unspecified atom stereocenters. The molecule has 1 N–H and O–H groups in total. The van der Waals surface area contributed by atoms with Crippen molar-refractivity contribution >= 4 is 23.1 Å². The summed E-state index contributed by atoms with van der Waals surface area (Å²) in [6.45, 7) is 10.4. The molecule has 1 aromatic heterocycles. The Labute approximate surface area is 189 Å². The summed E-state index contributed by atoms with van der Waals surface area (Å²) in [5.41, 5.74) is 4.97. The van der Waals surface area contributed by atoms with Gasteiger partial charge >= 0.3 is 0 Å². The largest absolute Gasteiger partial charge is 0.381 e. The number of carbonyl (C=O) groups is 1. The number of aromatic amines is 1. The number of ether oxygens (including phenoxy) is 1. The van der Waals surface area contributed by atoms with E-state index in [1.165, 1.54) is 0 Å². The van der Waals surface area contributed by atoms with Crippen LogP contribution in [0.3, 0.4) is 0 Å². The summed E-state index contributed by atoms with van der Waals surface area (Å²) < 4.78 is 5.55. The highest BCUT2D eigenvalue weighted by atomic mass is 35.5. The van der Waals surface area contributed by atoms with E-state index in [-0.39, 0.29) is 17.8 Å². The van der Waals surface area contributed by atoms with Crippen molar-refractivity contribution in [3.05, 3.63) is 61.5 Å². The Morgan fingerprint density at radius 2 is 1.90 bits per heavy atom. The molecule has 0 radical (unpaired) electrons. The molecule has 3 rings (SSSR count). The van der Waals surface area contributed by atoms with E-state index >= 15 is 0 Å². The van der Waals surface area contributed by atoms with E-state index < -0.39 is 0 Å². The molecular formula is C25H33ClN2O3. The second-order valence-electron chi connectivity index (χ2n) is 8.50. The van der Waals surface area contributed by atoms with Gasteiger partial charge in [0.2, 0.25) is 0 Å². The van der Waals surface area contributed by atoms with Gasteiger partial charge in [-0.15, -0.1) is 0 Å². The number of nitrogens with zero attached hydrogens (tertiary/aromatic N) is 1. The first-order valence-corrected chi connectivity index (χ1v) is 11.6. The van der Waals surface area contributed by atoms with Crippen LogP contribution in [0.4, 0.5) is 5.69 Å². The Balaban J connectivity index is 1.87. The van der Waals surface area contributed by atoms with Crippen LogP contribution >= 0.6 is 11.6 Å². The number of aryl methyl sites for hydroxylation is 2. The smallest absolute Gasteiger partial charge is 0.251 e. The molecule has 0 atom stereocenters. The molecule has 1 aliphatic rings. The van der Waals surface area contributed by atoms with E-state index in [2.05, 4.69) is 16.8 Å². The summed E-state index contributed by atoms with van der Waals surface area (Å²) >= 11 is 6.48. The lowest BCUT2D eigenvalue weighted by Crippen LogP contribution is -2.40. The van der Waals surface area contributed by atoms with Crippen molar-refractivity contribution in [1.29, 1.82) is 0 Å². The van der Waals surface area contributed by atoms with Gasteiger partial charge in [0.05, 0.1) is 0 Å². The minimum atomic E-state index is -0.109. The highest BCUT2D eigenvalue weighted by Gasteiger charge is 2.25. The molecule has 0 bridgehead atoms. The lowest BCUT2D eigenvalue weighted by atomic mass is 9.95. The third-order valence-electron chi connectivity index (χ3n) is 6.15. The van der Waals surface area contributed by atoms with Gasteiger partial charge in [-0.05, 0) is 75.8 Å². The van der Waals surface area contributed by atoms with Crippen LogP contribution in [0.25, 0.3) is 0 Å². The average Bonchev–Trinajstić information content (AvgIpc) is 2.73. The third kappa shape index (κ3) is 5.58. The minimum Gasteiger partial charge on any atom is -0.381 e. The number of anilines is 1. The SMILES string of the molecule is CCCN(c1cc(Cl)cc(C(=O)CCc2c(C)cc(C)[nH]c2=O)c1C)C1CCOCC1. The van der Waals surface area contributed by atoms with Crippen LogP contribution in [-0.4, -0.2) is 36.6 Å². The van der Waals surface area contributed by atoms with Gasteiger partial charge in [0.15, 0.2) is 5.78 Å². The van der Waals surface area contributed by atoms with Crippen molar-refractivity contribution in [2.45, 2.75) is 65.8 Å². The van der Waals surface area contributed by atoms with Gasteiger partial charge in [0.1, 0.15) is 0 Å². The first-order chi connectivity index (χ1) is 14.8. The van der Waals surface area contributed by atoms with Crippen molar-refractivity contribution < 1.29 is 9.53 Å². The topological polar surface area (TPSA) is 62.4 Å². The molecule has 6 heteroatoms. The van der Waals surface area contributed by atoms with Crippen molar-refractivity contribution in [2.24, 2.45) is 0 Å². The molecule has 1 saturated heterocycles. The second-order valence-corrected chi connectivity index (χ2v) is 8.94. The zero-order valence-corrected chi connectivity index (χ0v) is 19.8. The molecule has 0 amide bonds. The number of nitrogens with one attached hydrogen (secondary N) is 1. The summed E-state index contributed by atoms with van der Waals surface area (Å²) in [4.78, 5) is 30.7. The van der Waals surface area contributed by atoms with Gasteiger partial charge in [0.25, 0.3) is 5.56 Å². The number of ketones is 1. The number of benzene rings is 1. The summed E-state index contributed by atoms with van der Waals surface area (Å²) in [5, 5.41) is 0.571. The fourth-order valence-electron chi connectivity index (χ4n) is 4.56. The van der Waals surface area contributed by atoms with Crippen molar-refractivity contribution in [1.82, 2.24) is 4.98 Å². The molecule has 2 heterocycles. The standard InChI is InChI=1S/C25H33ClN2O3/c1-5-10-28(20-8-11-31-12-9-20)23-15-19(26)14-22(18(23)4)24(29)7-6-21-16(2)13-17(3)27-25(21)30/h13-15,20H,5-12H2,1-4H3,(H,27,30). The fraction of sp³-hybridized carbons (Fsp3) is 0.520. The lowest BCUT2D eigenvalue weighted by molar-refractivity contribution is 0.0843. The summed E-state index contributed by atoms with van der Waals surface area (Å²) in [7, 11) is 0. The van der Waals surface area contributed by atoms with E-state index in [1.54, 1.807) is 6.07 Å². The molecule has 0 spiro atoms. The summed E-state index contributed by atoms with van der Waals surface area (Å²) in [6, 6.07) is 6.08. The van der Waals surface area contributed by atoms with E-state index in [9.17, 15) is 9.59 Å². The van der Waals surface area contributed by atoms with Crippen molar-refractivity contribution in [3.8, 4) is 0 Å². The average molecular weight is 445 g/mol. The molecule has 1 aromatic carbocycles. The fourth-order valence-corrected chi connectivity index (χ4v) is 4.77. The Morgan fingerprint density at radius 1 is 1.19 bits per heavy atom. The van der Waals surface area contributed by atoms with E-state index in [0.29, 0.717) is 28.6 Å². The van der Waals surface area contributed by atoms with E-state index in [1.807, 2.05) is 32.9 Å². The van der Waals surface area contributed by atoms with Crippen LogP contribution in [0.15, 0.2) is 23.0 Å². The van der Waals surface area contributed by atoms with E-state index in [0.717, 1.165) is 61.5 Å². The van der Waals surface area contributed by atoms with Gasteiger partial charge in [-0.25, -0.2) is 0 Å². The van der Waals surface area contributed by atoms with Crippen LogP contribution in [-0.2, 0) is 11.2 Å². The number of Topliss-reactive ketones (excluding diaryl/α,β-unsaturated/α-hetero) is 1. The zero-order valence-electron chi connectivity index (χ0n) is 19.0. The number of aromatic nitrogens is 1. The number of H-pyrrole nitrogens is 1. The predicted molar refractivity (Wildman–Crippen MR) is 127 cm³/mol. The maximum Gasteiger partial charge on any atom is 0.251 e. The molecule has 5 nitrogen and oxygen atoms in total. The number of halogens is 1. The van der Waals surface area contributed by atoms with Crippen molar-refractivity contribution in [3.63, 3.8) is 0 Å². The minimum absolute atomic E-state index is 0.0176. The first-order valence-electron chi connectivity index (χ1n) is 11.2. The molecule has 0 saturated carbocycles. The Kier molecular flexibility index (Phi) is 7.95. The molecular weight excluding hydrogens is 412 g/mol. The van der Waals surface area contributed by atoms with Gasteiger partial charge in [-0.3, -0.25) is 9.59 Å². The van der Waals surface area contributed by atoms with Crippen LogP contribution in [0.2, 0.25) is 5.02 Å². The molecule has 168 valence electrons. The second kappa shape index (κ2) is 10.5. The maximum absolute atomic E-state index is 13.2. The Bertz CT molecular complexity index is 993. The normalized spacial score (nSPS) is 14.6. The Morgan fingerprint density at radius 3 is 2.55 bits per heavy atom. The Hall–Kier alpha value is -2.11. The summed E-state index contributed by atoms with van der Waals surface area (Å²) in [6.07, 6.45) is 3.66. The van der Waals surface area contributed by atoms with Gasteiger partial charge in [-0.2, -0.15) is 0 Å². The van der Waals surface area contributed by atoms with Gasteiger partial charge < -0.3 is 14.6 Å². The van der Waals surface area contributed by atoms with Crippen LogP contribution in [0.1, 0.15) is 65.3 Å². The molecule has 1 fully saturated rings. The molecule has 0 aliphatic carbocycles. The van der Waals surface area contributed by atoms with Crippen LogP contribution in [0, 0.1) is 20.8 Å². The van der Waals surface area contributed by atoms with Gasteiger partial charge in [0, 0.05) is 59.8 Å². The lowest BCUT2D eigenvalue weighted by Gasteiger charge is -2.37. The number of hydrogen-bond donors (Lipinski definition) is 1. The van der Waals surface area contributed by atoms with Gasteiger partial charge in [-0.1, -0.05) is 18.5 Å². The molecule has 31 heavy (non-hydrogen) atoms. The maximum atomic E-state index is 13.2. The molecule has 2 aromatic rings. The monoisotopic (exact) mass is 444 g/mol.